The molecule has 0 atom stereocenters. The van der Waals surface area contributed by atoms with Gasteiger partial charge >= 0.3 is 5.97 Å². The first-order chi connectivity index (χ1) is 9.11. The number of carbonyl (C=O) groups excluding carboxylic acids is 1. The van der Waals surface area contributed by atoms with Gasteiger partial charge in [0.1, 0.15) is 6.61 Å². The third kappa shape index (κ3) is 2.99. The Hall–Kier alpha value is -2.16. The van der Waals surface area contributed by atoms with Crippen LogP contribution in [0.25, 0.3) is 10.9 Å². The van der Waals surface area contributed by atoms with Crippen LogP contribution in [0.15, 0.2) is 36.4 Å². The molecule has 0 fully saturated rings. The third-order valence-corrected chi connectivity index (χ3v) is 2.86. The number of hydrogen-bond acceptors (Lipinski definition) is 3. The van der Waals surface area contributed by atoms with Gasteiger partial charge in [-0.2, -0.15) is 0 Å². The molecule has 3 heteroatoms. The lowest BCUT2D eigenvalue weighted by Gasteiger charge is -2.08. The molecule has 0 bridgehead atoms. The highest BCUT2D eigenvalue weighted by molar-refractivity contribution is 6.03. The van der Waals surface area contributed by atoms with Crippen molar-refractivity contribution in [2.75, 3.05) is 6.61 Å². The van der Waals surface area contributed by atoms with Crippen molar-refractivity contribution in [2.45, 2.75) is 20.8 Å². The van der Waals surface area contributed by atoms with Crippen LogP contribution in [0.1, 0.15) is 28.5 Å². The monoisotopic (exact) mass is 255 g/mol. The number of esters is 1. The number of rotatable bonds is 3. The SMILES string of the molecule is C/C=C/COC(=O)c1cc(C)nc2ccc(C)cc12. The van der Waals surface area contributed by atoms with Gasteiger partial charge in [-0.1, -0.05) is 23.8 Å². The standard InChI is InChI=1S/C16H17NO2/c1-4-5-8-19-16(18)14-10-12(3)17-15-7-6-11(2)9-13(14)15/h4-7,9-10H,8H2,1-3H3/b5-4+. The molecule has 0 unspecified atom stereocenters. The maximum Gasteiger partial charge on any atom is 0.339 e. The molecule has 0 amide bonds. The lowest BCUT2D eigenvalue weighted by atomic mass is 10.1. The van der Waals surface area contributed by atoms with Crippen molar-refractivity contribution in [1.82, 2.24) is 4.98 Å². The highest BCUT2D eigenvalue weighted by Crippen LogP contribution is 2.20. The van der Waals surface area contributed by atoms with Crippen LogP contribution in [-0.2, 0) is 4.74 Å². The molecular formula is C16H17NO2. The Morgan fingerprint density at radius 3 is 2.84 bits per heavy atom. The Labute approximate surface area is 112 Å². The Bertz CT molecular complexity index is 644. The lowest BCUT2D eigenvalue weighted by Crippen LogP contribution is -2.07. The number of aromatic nitrogens is 1. The molecular weight excluding hydrogens is 238 g/mol. The zero-order valence-electron chi connectivity index (χ0n) is 11.4. The van der Waals surface area contributed by atoms with E-state index in [9.17, 15) is 4.79 Å². The first-order valence-corrected chi connectivity index (χ1v) is 6.28. The maximum absolute atomic E-state index is 12.1. The van der Waals surface area contributed by atoms with Gasteiger partial charge in [-0.15, -0.1) is 0 Å². The van der Waals surface area contributed by atoms with Crippen molar-refractivity contribution in [2.24, 2.45) is 0 Å². The van der Waals surface area contributed by atoms with Crippen molar-refractivity contribution >= 4 is 16.9 Å². The van der Waals surface area contributed by atoms with E-state index in [1.807, 2.05) is 45.0 Å². The molecule has 2 aromatic rings. The molecule has 1 aromatic heterocycles. The van der Waals surface area contributed by atoms with Gasteiger partial charge in [0, 0.05) is 11.1 Å². The molecule has 0 radical (unpaired) electrons. The molecule has 0 aliphatic carbocycles. The number of hydrogen-bond donors (Lipinski definition) is 0. The van der Waals surface area contributed by atoms with Gasteiger partial charge < -0.3 is 4.74 Å². The summed E-state index contributed by atoms with van der Waals surface area (Å²) in [7, 11) is 0. The van der Waals surface area contributed by atoms with Gasteiger partial charge in [-0.25, -0.2) is 4.79 Å². The van der Waals surface area contributed by atoms with E-state index in [2.05, 4.69) is 4.98 Å². The van der Waals surface area contributed by atoms with Gasteiger partial charge in [-0.05, 0) is 39.0 Å². The van der Waals surface area contributed by atoms with Crippen molar-refractivity contribution < 1.29 is 9.53 Å². The maximum atomic E-state index is 12.1. The number of ether oxygens (including phenoxy) is 1. The average Bonchev–Trinajstić information content (AvgIpc) is 2.38. The van der Waals surface area contributed by atoms with E-state index >= 15 is 0 Å². The summed E-state index contributed by atoms with van der Waals surface area (Å²) in [5, 5.41) is 0.844. The number of carbonyl (C=O) groups is 1. The van der Waals surface area contributed by atoms with Crippen molar-refractivity contribution in [3.63, 3.8) is 0 Å². The second-order valence-electron chi connectivity index (χ2n) is 4.50. The topological polar surface area (TPSA) is 39.2 Å². The first-order valence-electron chi connectivity index (χ1n) is 6.28. The summed E-state index contributed by atoms with van der Waals surface area (Å²) in [4.78, 5) is 16.5. The number of benzene rings is 1. The minimum Gasteiger partial charge on any atom is -0.458 e. The largest absolute Gasteiger partial charge is 0.458 e. The Morgan fingerprint density at radius 1 is 1.32 bits per heavy atom. The van der Waals surface area contributed by atoms with Crippen LogP contribution in [0.3, 0.4) is 0 Å². The fourth-order valence-corrected chi connectivity index (χ4v) is 1.94. The third-order valence-electron chi connectivity index (χ3n) is 2.86. The Balaban J connectivity index is 2.46. The van der Waals surface area contributed by atoms with Crippen molar-refractivity contribution in [1.29, 1.82) is 0 Å². The highest BCUT2D eigenvalue weighted by atomic mass is 16.5. The number of nitrogens with zero attached hydrogens (tertiary/aromatic N) is 1. The van der Waals surface area contributed by atoms with Crippen molar-refractivity contribution in [3.05, 3.63) is 53.2 Å². The summed E-state index contributed by atoms with van der Waals surface area (Å²) in [5.41, 5.74) is 3.31. The summed E-state index contributed by atoms with van der Waals surface area (Å²) in [6.45, 7) is 6.06. The van der Waals surface area contributed by atoms with Crippen LogP contribution in [0.4, 0.5) is 0 Å². The predicted octanol–water partition coefficient (Wildman–Crippen LogP) is 3.58. The normalized spacial score (nSPS) is 11.1. The smallest absolute Gasteiger partial charge is 0.339 e. The molecule has 0 N–H and O–H groups in total. The molecule has 0 saturated heterocycles. The minimum atomic E-state index is -0.306. The van der Waals surface area contributed by atoms with Gasteiger partial charge in [0.05, 0.1) is 11.1 Å². The lowest BCUT2D eigenvalue weighted by molar-refractivity contribution is 0.0551. The van der Waals surface area contributed by atoms with Crippen LogP contribution >= 0.6 is 0 Å². The Kier molecular flexibility index (Phi) is 3.95. The fraction of sp³-hybridized carbons (Fsp3) is 0.250. The van der Waals surface area contributed by atoms with E-state index in [0.717, 1.165) is 22.2 Å². The number of allylic oxidation sites excluding steroid dienone is 1. The number of fused-ring (bicyclic) bond motifs is 1. The molecule has 0 aliphatic rings. The van der Waals surface area contributed by atoms with Gasteiger partial charge in [-0.3, -0.25) is 4.98 Å². The Morgan fingerprint density at radius 2 is 2.11 bits per heavy atom. The van der Waals surface area contributed by atoms with E-state index in [1.54, 1.807) is 12.1 Å². The average molecular weight is 255 g/mol. The van der Waals surface area contributed by atoms with E-state index < -0.39 is 0 Å². The van der Waals surface area contributed by atoms with Gasteiger partial charge in [0.25, 0.3) is 0 Å². The highest BCUT2D eigenvalue weighted by Gasteiger charge is 2.13. The first kappa shape index (κ1) is 13.3. The number of aryl methyl sites for hydroxylation is 2. The van der Waals surface area contributed by atoms with Gasteiger partial charge in [0.2, 0.25) is 0 Å². The van der Waals surface area contributed by atoms with Gasteiger partial charge in [0.15, 0.2) is 0 Å². The second-order valence-corrected chi connectivity index (χ2v) is 4.50. The quantitative estimate of drug-likeness (QED) is 0.621. The second kappa shape index (κ2) is 5.65. The molecule has 0 saturated carbocycles. The molecule has 2 rings (SSSR count). The minimum absolute atomic E-state index is 0.296. The molecule has 0 aliphatic heterocycles. The van der Waals surface area contributed by atoms with Crippen LogP contribution in [0, 0.1) is 13.8 Å². The van der Waals surface area contributed by atoms with E-state index in [0.29, 0.717) is 12.2 Å². The zero-order chi connectivity index (χ0) is 13.8. The predicted molar refractivity (Wildman–Crippen MR) is 76.3 cm³/mol. The number of pyridine rings is 1. The van der Waals surface area contributed by atoms with Crippen molar-refractivity contribution in [3.8, 4) is 0 Å². The molecule has 98 valence electrons. The molecule has 19 heavy (non-hydrogen) atoms. The molecule has 1 aromatic carbocycles. The molecule has 0 spiro atoms. The summed E-state index contributed by atoms with van der Waals surface area (Å²) in [6.07, 6.45) is 3.66. The summed E-state index contributed by atoms with van der Waals surface area (Å²) >= 11 is 0. The van der Waals surface area contributed by atoms with Crippen LogP contribution < -0.4 is 0 Å². The van der Waals surface area contributed by atoms with Crippen LogP contribution in [0.2, 0.25) is 0 Å². The summed E-state index contributed by atoms with van der Waals surface area (Å²) in [5.74, 6) is -0.306. The molecule has 3 nitrogen and oxygen atoms in total. The summed E-state index contributed by atoms with van der Waals surface area (Å²) < 4.78 is 5.22. The molecule has 1 heterocycles. The van der Waals surface area contributed by atoms with E-state index in [1.165, 1.54) is 0 Å². The van der Waals surface area contributed by atoms with Crippen LogP contribution in [0.5, 0.6) is 0 Å². The van der Waals surface area contributed by atoms with Crippen LogP contribution in [-0.4, -0.2) is 17.6 Å². The zero-order valence-corrected chi connectivity index (χ0v) is 11.4. The van der Waals surface area contributed by atoms with E-state index in [4.69, 9.17) is 4.74 Å². The van der Waals surface area contributed by atoms with E-state index in [-0.39, 0.29) is 5.97 Å². The fourth-order valence-electron chi connectivity index (χ4n) is 1.94. The summed E-state index contributed by atoms with van der Waals surface area (Å²) in [6, 6.07) is 7.66.